The summed E-state index contributed by atoms with van der Waals surface area (Å²) in [6.07, 6.45) is 1.76. The number of aryl methyl sites for hydroxylation is 1. The van der Waals surface area contributed by atoms with Crippen LogP contribution in [-0.2, 0) is 17.9 Å². The summed E-state index contributed by atoms with van der Waals surface area (Å²) in [5, 5.41) is 17.9. The van der Waals surface area contributed by atoms with Crippen LogP contribution in [0.1, 0.15) is 35.6 Å². The number of hydrogen-bond acceptors (Lipinski definition) is 7. The summed E-state index contributed by atoms with van der Waals surface area (Å²) in [5.41, 5.74) is 3.08. The number of halogens is 1. The molecule has 0 bridgehead atoms. The molecule has 0 aliphatic carbocycles. The molecule has 4 aromatic rings. The number of phenolic OH excluding ortho intramolecular Hbond substituents is 1. The van der Waals surface area contributed by atoms with E-state index in [2.05, 4.69) is 20.4 Å². The van der Waals surface area contributed by atoms with Crippen LogP contribution in [0.3, 0.4) is 0 Å². The number of hydrogen-bond donors (Lipinski definition) is 2. The Labute approximate surface area is 225 Å². The largest absolute Gasteiger partial charge is 0.508 e. The van der Waals surface area contributed by atoms with Gasteiger partial charge in [0.05, 0.1) is 23.3 Å². The molecule has 0 saturated carbocycles. The predicted octanol–water partition coefficient (Wildman–Crippen LogP) is 3.97. The first-order valence-electron chi connectivity index (χ1n) is 12.1. The fraction of sp³-hybridized carbons (Fsp3) is 0.296. The summed E-state index contributed by atoms with van der Waals surface area (Å²) in [7, 11) is 1.70. The molecule has 0 fully saturated rings. The topological polar surface area (TPSA) is 122 Å². The van der Waals surface area contributed by atoms with Gasteiger partial charge in [0.15, 0.2) is 5.82 Å². The van der Waals surface area contributed by atoms with Crippen LogP contribution in [0.15, 0.2) is 42.6 Å². The number of fused-ring (bicyclic) bond motifs is 1. The summed E-state index contributed by atoms with van der Waals surface area (Å²) >= 11 is 6.56. The summed E-state index contributed by atoms with van der Waals surface area (Å²) in [6.45, 7) is 7.15. The van der Waals surface area contributed by atoms with Gasteiger partial charge in [0.2, 0.25) is 5.91 Å². The SMILES string of the molecule is CCn1ncc(CN(C)C(=O)c2nc(-c3ccc(OCCNC(C)=O)cc3Cl)nc3ccc(O)cc23)c1C. The molecule has 0 saturated heterocycles. The lowest BCUT2D eigenvalue weighted by atomic mass is 10.1. The van der Waals surface area contributed by atoms with Gasteiger partial charge in [-0.2, -0.15) is 5.10 Å². The van der Waals surface area contributed by atoms with Crippen LogP contribution < -0.4 is 10.1 Å². The van der Waals surface area contributed by atoms with Crippen molar-refractivity contribution in [1.29, 1.82) is 0 Å². The van der Waals surface area contributed by atoms with Gasteiger partial charge in [0.25, 0.3) is 5.91 Å². The zero-order valence-electron chi connectivity index (χ0n) is 21.7. The van der Waals surface area contributed by atoms with Crippen molar-refractivity contribution in [1.82, 2.24) is 30.0 Å². The molecule has 38 heavy (non-hydrogen) atoms. The molecule has 2 N–H and O–H groups in total. The van der Waals surface area contributed by atoms with Crippen LogP contribution in [-0.4, -0.2) is 61.8 Å². The minimum Gasteiger partial charge on any atom is -0.508 e. The highest BCUT2D eigenvalue weighted by atomic mass is 35.5. The Hall–Kier alpha value is -4.18. The number of aromatic hydroxyl groups is 1. The fourth-order valence-corrected chi connectivity index (χ4v) is 4.29. The fourth-order valence-electron chi connectivity index (χ4n) is 4.03. The van der Waals surface area contributed by atoms with Gasteiger partial charge in [-0.05, 0) is 50.2 Å². The molecular weight excluding hydrogens is 508 g/mol. The second kappa shape index (κ2) is 11.5. The average molecular weight is 537 g/mol. The molecule has 11 heteroatoms. The molecule has 0 spiro atoms. The smallest absolute Gasteiger partial charge is 0.273 e. The van der Waals surface area contributed by atoms with Crippen molar-refractivity contribution >= 4 is 34.3 Å². The maximum atomic E-state index is 13.6. The van der Waals surface area contributed by atoms with Gasteiger partial charge < -0.3 is 20.1 Å². The minimum atomic E-state index is -0.332. The van der Waals surface area contributed by atoms with E-state index in [0.717, 1.165) is 17.8 Å². The first kappa shape index (κ1) is 26.9. The van der Waals surface area contributed by atoms with Crippen LogP contribution in [0.5, 0.6) is 11.5 Å². The standard InChI is InChI=1S/C27H29ClN6O4/c1-5-34-16(2)18(14-30-34)15-33(4)27(37)25-22-12-19(36)6-9-24(22)31-26(32-25)21-8-7-20(13-23(21)28)38-11-10-29-17(3)35/h6-9,12-14,36H,5,10-11,15H2,1-4H3,(H,29,35). The van der Waals surface area contributed by atoms with E-state index < -0.39 is 0 Å². The van der Waals surface area contributed by atoms with Crippen molar-refractivity contribution in [2.75, 3.05) is 20.2 Å². The summed E-state index contributed by atoms with van der Waals surface area (Å²) in [5.74, 6) is 0.329. The van der Waals surface area contributed by atoms with E-state index in [1.807, 2.05) is 18.5 Å². The first-order valence-corrected chi connectivity index (χ1v) is 12.5. The number of phenols is 1. The van der Waals surface area contributed by atoms with E-state index in [4.69, 9.17) is 16.3 Å². The minimum absolute atomic E-state index is 0.00409. The lowest BCUT2D eigenvalue weighted by Gasteiger charge is -2.18. The summed E-state index contributed by atoms with van der Waals surface area (Å²) in [4.78, 5) is 35.4. The molecule has 0 unspecified atom stereocenters. The van der Waals surface area contributed by atoms with Crippen LogP contribution >= 0.6 is 11.6 Å². The predicted molar refractivity (Wildman–Crippen MR) is 144 cm³/mol. The Bertz CT molecular complexity index is 1500. The number of aromatic nitrogens is 4. The van der Waals surface area contributed by atoms with Gasteiger partial charge in [-0.15, -0.1) is 0 Å². The number of amides is 2. The summed E-state index contributed by atoms with van der Waals surface area (Å²) < 4.78 is 7.52. The molecule has 0 aliphatic rings. The van der Waals surface area contributed by atoms with Crippen LogP contribution in [0.2, 0.25) is 5.02 Å². The van der Waals surface area contributed by atoms with Crippen molar-refractivity contribution in [2.45, 2.75) is 33.9 Å². The van der Waals surface area contributed by atoms with E-state index in [1.165, 1.54) is 19.1 Å². The van der Waals surface area contributed by atoms with E-state index in [-0.39, 0.29) is 35.7 Å². The molecule has 2 amide bonds. The summed E-state index contributed by atoms with van der Waals surface area (Å²) in [6, 6.07) is 9.70. The number of nitrogens with one attached hydrogen (secondary N) is 1. The van der Waals surface area contributed by atoms with Crippen molar-refractivity contribution in [2.24, 2.45) is 0 Å². The molecule has 10 nitrogen and oxygen atoms in total. The van der Waals surface area contributed by atoms with E-state index >= 15 is 0 Å². The third-order valence-corrected chi connectivity index (χ3v) is 6.38. The molecular formula is C27H29ClN6O4. The molecule has 198 valence electrons. The number of ether oxygens (including phenoxy) is 1. The number of benzene rings is 2. The lowest BCUT2D eigenvalue weighted by molar-refractivity contribution is -0.119. The zero-order chi connectivity index (χ0) is 27.4. The Kier molecular flexibility index (Phi) is 8.11. The van der Waals surface area contributed by atoms with E-state index in [0.29, 0.717) is 40.3 Å². The molecule has 2 aromatic carbocycles. The third kappa shape index (κ3) is 5.86. The van der Waals surface area contributed by atoms with E-state index in [9.17, 15) is 14.7 Å². The maximum absolute atomic E-state index is 13.6. The average Bonchev–Trinajstić information content (AvgIpc) is 3.24. The third-order valence-electron chi connectivity index (χ3n) is 6.07. The molecule has 0 atom stereocenters. The second-order valence-corrected chi connectivity index (χ2v) is 9.21. The van der Waals surface area contributed by atoms with Gasteiger partial charge in [-0.1, -0.05) is 11.6 Å². The number of carbonyl (C=O) groups excluding carboxylic acids is 2. The van der Waals surface area contributed by atoms with Crippen LogP contribution in [0, 0.1) is 6.92 Å². The highest BCUT2D eigenvalue weighted by Gasteiger charge is 2.22. The van der Waals surface area contributed by atoms with Crippen molar-refractivity contribution in [3.05, 3.63) is 64.6 Å². The molecule has 0 aliphatic heterocycles. The Morgan fingerprint density at radius 2 is 1.97 bits per heavy atom. The van der Waals surface area contributed by atoms with Gasteiger partial charge in [-0.25, -0.2) is 9.97 Å². The number of carbonyl (C=O) groups is 2. The molecule has 2 aromatic heterocycles. The van der Waals surface area contributed by atoms with Crippen molar-refractivity contribution in [3.63, 3.8) is 0 Å². The number of rotatable bonds is 9. The Morgan fingerprint density at radius 1 is 1.18 bits per heavy atom. The van der Waals surface area contributed by atoms with Crippen LogP contribution in [0.25, 0.3) is 22.3 Å². The maximum Gasteiger partial charge on any atom is 0.273 e. The van der Waals surface area contributed by atoms with Crippen molar-refractivity contribution < 1.29 is 19.4 Å². The monoisotopic (exact) mass is 536 g/mol. The van der Waals surface area contributed by atoms with Gasteiger partial charge in [-0.3, -0.25) is 14.3 Å². The second-order valence-electron chi connectivity index (χ2n) is 8.80. The van der Waals surface area contributed by atoms with Crippen molar-refractivity contribution in [3.8, 4) is 22.9 Å². The lowest BCUT2D eigenvalue weighted by Crippen LogP contribution is -2.27. The van der Waals surface area contributed by atoms with Gasteiger partial charge in [0.1, 0.15) is 23.8 Å². The van der Waals surface area contributed by atoms with Gasteiger partial charge >= 0.3 is 0 Å². The zero-order valence-corrected chi connectivity index (χ0v) is 22.4. The number of nitrogens with zero attached hydrogens (tertiary/aromatic N) is 5. The highest BCUT2D eigenvalue weighted by molar-refractivity contribution is 6.33. The molecule has 4 rings (SSSR count). The quantitative estimate of drug-likeness (QED) is 0.310. The van der Waals surface area contributed by atoms with E-state index in [1.54, 1.807) is 42.4 Å². The van der Waals surface area contributed by atoms with Crippen LogP contribution in [0.4, 0.5) is 0 Å². The Balaban J connectivity index is 1.66. The Morgan fingerprint density at radius 3 is 2.66 bits per heavy atom. The van der Waals surface area contributed by atoms with Gasteiger partial charge in [0, 0.05) is 49.3 Å². The molecule has 0 radical (unpaired) electrons. The molecule has 2 heterocycles. The highest BCUT2D eigenvalue weighted by Crippen LogP contribution is 2.32. The normalized spacial score (nSPS) is 11.0. The first-order chi connectivity index (χ1) is 18.2.